The maximum Gasteiger partial charge on any atom is 0.193 e. The van der Waals surface area contributed by atoms with Crippen molar-refractivity contribution in [1.29, 1.82) is 0 Å². The molecule has 8 heteroatoms. The summed E-state index contributed by atoms with van der Waals surface area (Å²) in [6.45, 7) is 12.0. The second-order valence-electron chi connectivity index (χ2n) is 8.81. The van der Waals surface area contributed by atoms with Crippen molar-refractivity contribution in [2.45, 2.75) is 32.4 Å². The smallest absolute Gasteiger partial charge is 0.193 e. The fraction of sp³-hybridized carbons (Fsp3) is 0.583. The SMILES string of the molecule is CCN1CCN(Cc2ccc(CNC(=NC)N3CCC(c4cnn(C)c4)C3)cc2)CC1.I. The second kappa shape index (κ2) is 12.0. The molecule has 2 aliphatic heterocycles. The number of aryl methyl sites for hydroxylation is 1. The number of hydrogen-bond donors (Lipinski definition) is 1. The van der Waals surface area contributed by atoms with Gasteiger partial charge in [-0.3, -0.25) is 14.6 Å². The van der Waals surface area contributed by atoms with Crippen molar-refractivity contribution in [2.75, 3.05) is 52.9 Å². The van der Waals surface area contributed by atoms with E-state index in [9.17, 15) is 0 Å². The van der Waals surface area contributed by atoms with Crippen molar-refractivity contribution in [3.8, 4) is 0 Å². The molecule has 1 aromatic heterocycles. The number of aromatic nitrogens is 2. The van der Waals surface area contributed by atoms with Gasteiger partial charge in [0, 0.05) is 78.6 Å². The zero-order chi connectivity index (χ0) is 21.6. The highest BCUT2D eigenvalue weighted by Crippen LogP contribution is 2.26. The minimum atomic E-state index is 0. The van der Waals surface area contributed by atoms with Crippen LogP contribution in [0.25, 0.3) is 0 Å². The molecule has 0 spiro atoms. The minimum Gasteiger partial charge on any atom is -0.352 e. The maximum absolute atomic E-state index is 4.53. The first-order valence-corrected chi connectivity index (χ1v) is 11.6. The van der Waals surface area contributed by atoms with E-state index in [1.165, 1.54) is 49.4 Å². The van der Waals surface area contributed by atoms with E-state index in [2.05, 4.69) is 67.5 Å². The van der Waals surface area contributed by atoms with Crippen molar-refractivity contribution in [3.63, 3.8) is 0 Å². The predicted molar refractivity (Wildman–Crippen MR) is 142 cm³/mol. The summed E-state index contributed by atoms with van der Waals surface area (Å²) >= 11 is 0. The maximum atomic E-state index is 4.53. The number of aliphatic imine (C=N–C) groups is 1. The van der Waals surface area contributed by atoms with Gasteiger partial charge in [-0.2, -0.15) is 5.10 Å². The Labute approximate surface area is 209 Å². The molecule has 176 valence electrons. The Morgan fingerprint density at radius 1 is 1.06 bits per heavy atom. The summed E-state index contributed by atoms with van der Waals surface area (Å²) in [5, 5.41) is 7.88. The van der Waals surface area contributed by atoms with Crippen LogP contribution >= 0.6 is 24.0 Å². The van der Waals surface area contributed by atoms with E-state index in [1.807, 2.05) is 25.0 Å². The number of likely N-dealkylation sites (tertiary alicyclic amines) is 1. The van der Waals surface area contributed by atoms with Crippen LogP contribution in [0.2, 0.25) is 0 Å². The first kappa shape index (κ1) is 25.0. The van der Waals surface area contributed by atoms with E-state index in [0.29, 0.717) is 5.92 Å². The third-order valence-corrected chi connectivity index (χ3v) is 6.69. The number of likely N-dealkylation sites (N-methyl/N-ethyl adjacent to an activating group) is 1. The zero-order valence-electron chi connectivity index (χ0n) is 19.7. The Morgan fingerprint density at radius 3 is 2.38 bits per heavy atom. The molecule has 1 N–H and O–H groups in total. The summed E-state index contributed by atoms with van der Waals surface area (Å²) in [4.78, 5) is 12.0. The highest BCUT2D eigenvalue weighted by Gasteiger charge is 2.26. The van der Waals surface area contributed by atoms with Gasteiger partial charge in [0.15, 0.2) is 5.96 Å². The Morgan fingerprint density at radius 2 is 1.75 bits per heavy atom. The molecule has 4 rings (SSSR count). The van der Waals surface area contributed by atoms with Crippen LogP contribution in [0.15, 0.2) is 41.7 Å². The molecule has 0 bridgehead atoms. The Hall–Kier alpha value is -1.65. The third kappa shape index (κ3) is 6.45. The quantitative estimate of drug-likeness (QED) is 0.340. The Balaban J connectivity index is 0.00000289. The fourth-order valence-corrected chi connectivity index (χ4v) is 4.67. The van der Waals surface area contributed by atoms with Crippen molar-refractivity contribution < 1.29 is 0 Å². The number of piperazine rings is 1. The highest BCUT2D eigenvalue weighted by atomic mass is 127. The van der Waals surface area contributed by atoms with Gasteiger partial charge in [0.1, 0.15) is 0 Å². The lowest BCUT2D eigenvalue weighted by Crippen LogP contribution is -2.45. The number of guanidine groups is 1. The van der Waals surface area contributed by atoms with Crippen molar-refractivity contribution in [2.24, 2.45) is 12.0 Å². The first-order valence-electron chi connectivity index (χ1n) is 11.6. The molecule has 0 saturated carbocycles. The minimum absolute atomic E-state index is 0. The van der Waals surface area contributed by atoms with Gasteiger partial charge >= 0.3 is 0 Å². The van der Waals surface area contributed by atoms with E-state index in [0.717, 1.165) is 38.6 Å². The van der Waals surface area contributed by atoms with Gasteiger partial charge in [-0.25, -0.2) is 0 Å². The summed E-state index contributed by atoms with van der Waals surface area (Å²) in [5.41, 5.74) is 4.02. The summed E-state index contributed by atoms with van der Waals surface area (Å²) in [6.07, 6.45) is 5.28. The standard InChI is InChI=1S/C24H37N7.HI/c1-4-29-11-13-30(14-12-29)17-21-7-5-20(6-8-21)15-26-24(25-2)31-10-9-22(19-31)23-16-27-28(3)18-23;/h5-8,16,18,22H,4,9-15,17,19H2,1-3H3,(H,25,26);1H. The van der Waals surface area contributed by atoms with Gasteiger partial charge in [0.2, 0.25) is 0 Å². The molecule has 7 nitrogen and oxygen atoms in total. The molecule has 2 fully saturated rings. The Kier molecular flexibility index (Phi) is 9.36. The van der Waals surface area contributed by atoms with Crippen molar-refractivity contribution in [1.82, 2.24) is 29.8 Å². The lowest BCUT2D eigenvalue weighted by atomic mass is 10.0. The molecule has 0 aliphatic carbocycles. The summed E-state index contributed by atoms with van der Waals surface area (Å²) in [6, 6.07) is 9.06. The van der Waals surface area contributed by atoms with Crippen molar-refractivity contribution >= 4 is 29.9 Å². The van der Waals surface area contributed by atoms with E-state index in [-0.39, 0.29) is 24.0 Å². The van der Waals surface area contributed by atoms with Crippen LogP contribution in [0.4, 0.5) is 0 Å². The van der Waals surface area contributed by atoms with E-state index >= 15 is 0 Å². The highest BCUT2D eigenvalue weighted by molar-refractivity contribution is 14.0. The third-order valence-electron chi connectivity index (χ3n) is 6.69. The summed E-state index contributed by atoms with van der Waals surface area (Å²) in [7, 11) is 3.86. The molecule has 3 heterocycles. The monoisotopic (exact) mass is 551 g/mol. The molecule has 1 aromatic carbocycles. The zero-order valence-corrected chi connectivity index (χ0v) is 22.0. The van der Waals surface area contributed by atoms with Crippen molar-refractivity contribution in [3.05, 3.63) is 53.3 Å². The normalized spacial score (nSPS) is 20.4. The molecule has 1 unspecified atom stereocenters. The number of nitrogens with one attached hydrogen (secondary N) is 1. The topological polar surface area (TPSA) is 51.9 Å². The van der Waals surface area contributed by atoms with Crippen LogP contribution in [0.3, 0.4) is 0 Å². The lowest BCUT2D eigenvalue weighted by molar-refractivity contribution is 0.132. The van der Waals surface area contributed by atoms with E-state index in [4.69, 9.17) is 0 Å². The molecule has 0 amide bonds. The molecule has 2 aromatic rings. The second-order valence-corrected chi connectivity index (χ2v) is 8.81. The van der Waals surface area contributed by atoms with E-state index < -0.39 is 0 Å². The van der Waals surface area contributed by atoms with Crippen LogP contribution in [0.5, 0.6) is 0 Å². The molecule has 1 atom stereocenters. The van der Waals surface area contributed by atoms with Gasteiger partial charge in [-0.05, 0) is 29.7 Å². The van der Waals surface area contributed by atoms with Crippen LogP contribution in [-0.4, -0.2) is 83.3 Å². The molecule has 2 saturated heterocycles. The summed E-state index contributed by atoms with van der Waals surface area (Å²) in [5.74, 6) is 1.52. The van der Waals surface area contributed by atoms with Crippen LogP contribution in [0, 0.1) is 0 Å². The average Bonchev–Trinajstić information content (AvgIpc) is 3.45. The molecular weight excluding hydrogens is 513 g/mol. The van der Waals surface area contributed by atoms with Crippen LogP contribution < -0.4 is 5.32 Å². The van der Waals surface area contributed by atoms with Crippen LogP contribution in [0.1, 0.15) is 36.0 Å². The number of rotatable bonds is 6. The lowest BCUT2D eigenvalue weighted by Gasteiger charge is -2.34. The number of nitrogens with zero attached hydrogens (tertiary/aromatic N) is 6. The number of hydrogen-bond acceptors (Lipinski definition) is 4. The number of halogens is 1. The van der Waals surface area contributed by atoms with Gasteiger partial charge in [0.05, 0.1) is 6.20 Å². The molecular formula is C24H38IN7. The number of benzene rings is 1. The van der Waals surface area contributed by atoms with Gasteiger partial charge in [-0.1, -0.05) is 31.2 Å². The summed E-state index contributed by atoms with van der Waals surface area (Å²) < 4.78 is 1.89. The fourth-order valence-electron chi connectivity index (χ4n) is 4.67. The Bertz CT molecular complexity index is 855. The average molecular weight is 552 g/mol. The largest absolute Gasteiger partial charge is 0.352 e. The van der Waals surface area contributed by atoms with Gasteiger partial charge < -0.3 is 15.1 Å². The molecule has 2 aliphatic rings. The van der Waals surface area contributed by atoms with Gasteiger partial charge in [0.25, 0.3) is 0 Å². The van der Waals surface area contributed by atoms with Crippen LogP contribution in [-0.2, 0) is 20.1 Å². The molecule has 0 radical (unpaired) electrons. The first-order chi connectivity index (χ1) is 15.1. The predicted octanol–water partition coefficient (Wildman–Crippen LogP) is 2.74. The van der Waals surface area contributed by atoms with E-state index in [1.54, 1.807) is 0 Å². The molecule has 32 heavy (non-hydrogen) atoms. The van der Waals surface area contributed by atoms with Gasteiger partial charge in [-0.15, -0.1) is 24.0 Å².